The molecular weight excluding hydrogens is 206 g/mol. The highest BCUT2D eigenvalue weighted by molar-refractivity contribution is 5.86. The van der Waals surface area contributed by atoms with Crippen LogP contribution in [0.4, 0.5) is 0 Å². The van der Waals surface area contributed by atoms with Crippen LogP contribution in [0.5, 0.6) is 0 Å². The number of fused-ring (bicyclic) bond motifs is 1. The van der Waals surface area contributed by atoms with Crippen molar-refractivity contribution in [2.75, 3.05) is 0 Å². The second-order valence-electron chi connectivity index (χ2n) is 3.75. The molecular formula is C11H13N3O2. The van der Waals surface area contributed by atoms with Crippen LogP contribution in [0, 0.1) is 6.92 Å². The third-order valence-electron chi connectivity index (χ3n) is 2.43. The highest BCUT2D eigenvalue weighted by Gasteiger charge is 2.13. The van der Waals surface area contributed by atoms with Gasteiger partial charge in [-0.2, -0.15) is 5.10 Å². The number of aromatic nitrogens is 3. The molecule has 0 unspecified atom stereocenters. The van der Waals surface area contributed by atoms with E-state index in [1.54, 1.807) is 12.3 Å². The number of aryl methyl sites for hydroxylation is 2. The molecule has 0 aliphatic rings. The van der Waals surface area contributed by atoms with Gasteiger partial charge in [-0.1, -0.05) is 13.3 Å². The number of aromatic carboxylic acids is 1. The van der Waals surface area contributed by atoms with Crippen LogP contribution in [-0.4, -0.2) is 25.7 Å². The van der Waals surface area contributed by atoms with Gasteiger partial charge < -0.3 is 5.11 Å². The monoisotopic (exact) mass is 219 g/mol. The summed E-state index contributed by atoms with van der Waals surface area (Å²) in [6, 6.07) is 1.59. The fourth-order valence-electron chi connectivity index (χ4n) is 1.66. The molecule has 0 aliphatic carbocycles. The molecule has 1 N–H and O–H groups in total. The van der Waals surface area contributed by atoms with E-state index in [-0.39, 0.29) is 5.69 Å². The Balaban J connectivity index is 2.70. The SMILES string of the molecule is CCCc1cc(C(=O)O)n2ncc(C)c2n1. The molecule has 16 heavy (non-hydrogen) atoms. The number of carbonyl (C=O) groups is 1. The van der Waals surface area contributed by atoms with Crippen LogP contribution in [0.2, 0.25) is 0 Å². The molecule has 0 spiro atoms. The number of carboxylic acids is 1. The van der Waals surface area contributed by atoms with Crippen molar-refractivity contribution in [3.63, 3.8) is 0 Å². The zero-order valence-electron chi connectivity index (χ0n) is 9.27. The second-order valence-corrected chi connectivity index (χ2v) is 3.75. The molecule has 0 amide bonds. The lowest BCUT2D eigenvalue weighted by Crippen LogP contribution is -2.09. The molecule has 0 aliphatic heterocycles. The molecule has 5 heteroatoms. The Morgan fingerprint density at radius 3 is 2.94 bits per heavy atom. The molecule has 0 aromatic carbocycles. The van der Waals surface area contributed by atoms with E-state index in [2.05, 4.69) is 10.1 Å². The summed E-state index contributed by atoms with van der Waals surface area (Å²) in [5.74, 6) is -0.979. The van der Waals surface area contributed by atoms with E-state index in [0.29, 0.717) is 5.65 Å². The normalized spacial score (nSPS) is 10.9. The molecule has 0 radical (unpaired) electrons. The second kappa shape index (κ2) is 3.92. The van der Waals surface area contributed by atoms with Gasteiger partial charge in [-0.05, 0) is 19.4 Å². The lowest BCUT2D eigenvalue weighted by atomic mass is 10.2. The average Bonchev–Trinajstić information content (AvgIpc) is 2.60. The van der Waals surface area contributed by atoms with Crippen molar-refractivity contribution in [3.05, 3.63) is 29.2 Å². The molecule has 0 saturated heterocycles. The zero-order valence-corrected chi connectivity index (χ0v) is 9.27. The minimum Gasteiger partial charge on any atom is -0.477 e. The Kier molecular flexibility index (Phi) is 2.60. The Morgan fingerprint density at radius 1 is 1.56 bits per heavy atom. The molecule has 84 valence electrons. The van der Waals surface area contributed by atoms with Gasteiger partial charge in [-0.15, -0.1) is 0 Å². The van der Waals surface area contributed by atoms with Crippen LogP contribution in [-0.2, 0) is 6.42 Å². The largest absolute Gasteiger partial charge is 0.477 e. The fourth-order valence-corrected chi connectivity index (χ4v) is 1.66. The van der Waals surface area contributed by atoms with Crippen molar-refractivity contribution in [3.8, 4) is 0 Å². The minimum absolute atomic E-state index is 0.168. The third kappa shape index (κ3) is 1.64. The van der Waals surface area contributed by atoms with Crippen molar-refractivity contribution in [2.24, 2.45) is 0 Å². The molecule has 2 aromatic rings. The first-order chi connectivity index (χ1) is 7.63. The average molecular weight is 219 g/mol. The Hall–Kier alpha value is -1.91. The smallest absolute Gasteiger partial charge is 0.354 e. The molecule has 2 heterocycles. The van der Waals surface area contributed by atoms with Crippen molar-refractivity contribution < 1.29 is 9.90 Å². The van der Waals surface area contributed by atoms with Gasteiger partial charge >= 0.3 is 5.97 Å². The van der Waals surface area contributed by atoms with Crippen LogP contribution in [0.25, 0.3) is 5.65 Å². The number of hydrogen-bond acceptors (Lipinski definition) is 3. The molecule has 2 rings (SSSR count). The van der Waals surface area contributed by atoms with Gasteiger partial charge in [-0.3, -0.25) is 0 Å². The van der Waals surface area contributed by atoms with E-state index in [9.17, 15) is 4.79 Å². The van der Waals surface area contributed by atoms with Crippen LogP contribution < -0.4 is 0 Å². The Morgan fingerprint density at radius 2 is 2.31 bits per heavy atom. The van der Waals surface area contributed by atoms with Crippen molar-refractivity contribution >= 4 is 11.6 Å². The first-order valence-corrected chi connectivity index (χ1v) is 5.21. The summed E-state index contributed by atoms with van der Waals surface area (Å²) in [4.78, 5) is 15.5. The summed E-state index contributed by atoms with van der Waals surface area (Å²) < 4.78 is 1.37. The molecule has 5 nitrogen and oxygen atoms in total. The summed E-state index contributed by atoms with van der Waals surface area (Å²) in [5, 5.41) is 13.1. The maximum atomic E-state index is 11.1. The topological polar surface area (TPSA) is 67.5 Å². The quantitative estimate of drug-likeness (QED) is 0.852. The zero-order chi connectivity index (χ0) is 11.7. The van der Waals surface area contributed by atoms with Gasteiger partial charge in [0.15, 0.2) is 11.3 Å². The van der Waals surface area contributed by atoms with Crippen LogP contribution >= 0.6 is 0 Å². The number of carboxylic acid groups (broad SMARTS) is 1. The molecule has 0 saturated carbocycles. The van der Waals surface area contributed by atoms with E-state index in [4.69, 9.17) is 5.11 Å². The summed E-state index contributed by atoms with van der Waals surface area (Å²) in [6.07, 6.45) is 3.35. The maximum Gasteiger partial charge on any atom is 0.354 e. The first-order valence-electron chi connectivity index (χ1n) is 5.21. The lowest BCUT2D eigenvalue weighted by molar-refractivity contribution is 0.0687. The van der Waals surface area contributed by atoms with Gasteiger partial charge in [0.05, 0.1) is 6.20 Å². The fraction of sp³-hybridized carbons (Fsp3) is 0.364. The van der Waals surface area contributed by atoms with E-state index in [1.807, 2.05) is 13.8 Å². The Labute approximate surface area is 92.7 Å². The molecule has 0 bridgehead atoms. The standard InChI is InChI=1S/C11H13N3O2/c1-3-4-8-5-9(11(15)16)14-10(13-8)7(2)6-12-14/h5-6H,3-4H2,1-2H3,(H,15,16). The highest BCUT2D eigenvalue weighted by atomic mass is 16.4. The van der Waals surface area contributed by atoms with Crippen LogP contribution in [0.1, 0.15) is 35.1 Å². The number of hydrogen-bond donors (Lipinski definition) is 1. The van der Waals surface area contributed by atoms with Gasteiger partial charge in [-0.25, -0.2) is 14.3 Å². The molecule has 0 atom stereocenters. The van der Waals surface area contributed by atoms with Crippen LogP contribution in [0.15, 0.2) is 12.3 Å². The van der Waals surface area contributed by atoms with Gasteiger partial charge in [0, 0.05) is 11.3 Å². The van der Waals surface area contributed by atoms with E-state index >= 15 is 0 Å². The predicted octanol–water partition coefficient (Wildman–Crippen LogP) is 1.69. The maximum absolute atomic E-state index is 11.1. The van der Waals surface area contributed by atoms with Gasteiger partial charge in [0.25, 0.3) is 0 Å². The lowest BCUT2D eigenvalue weighted by Gasteiger charge is -2.04. The third-order valence-corrected chi connectivity index (χ3v) is 2.43. The predicted molar refractivity (Wildman–Crippen MR) is 58.7 cm³/mol. The Bertz CT molecular complexity index is 545. The first kappa shape index (κ1) is 10.6. The summed E-state index contributed by atoms with van der Waals surface area (Å²) >= 11 is 0. The van der Waals surface area contributed by atoms with E-state index < -0.39 is 5.97 Å². The highest BCUT2D eigenvalue weighted by Crippen LogP contribution is 2.12. The van der Waals surface area contributed by atoms with Gasteiger partial charge in [0.1, 0.15) is 0 Å². The van der Waals surface area contributed by atoms with Crippen LogP contribution in [0.3, 0.4) is 0 Å². The molecule has 2 aromatic heterocycles. The van der Waals surface area contributed by atoms with Crippen molar-refractivity contribution in [1.29, 1.82) is 0 Å². The van der Waals surface area contributed by atoms with Crippen molar-refractivity contribution in [2.45, 2.75) is 26.7 Å². The number of rotatable bonds is 3. The van der Waals surface area contributed by atoms with E-state index in [0.717, 1.165) is 24.1 Å². The number of nitrogens with zero attached hydrogens (tertiary/aromatic N) is 3. The summed E-state index contributed by atoms with van der Waals surface area (Å²) in [5.41, 5.74) is 2.49. The van der Waals surface area contributed by atoms with E-state index in [1.165, 1.54) is 4.52 Å². The molecule has 0 fully saturated rings. The van der Waals surface area contributed by atoms with Crippen molar-refractivity contribution in [1.82, 2.24) is 14.6 Å². The minimum atomic E-state index is -0.979. The summed E-state index contributed by atoms with van der Waals surface area (Å²) in [7, 11) is 0. The van der Waals surface area contributed by atoms with Gasteiger partial charge in [0.2, 0.25) is 0 Å². The summed E-state index contributed by atoms with van der Waals surface area (Å²) in [6.45, 7) is 3.91.